The van der Waals surface area contributed by atoms with Crippen LogP contribution in [0, 0.1) is 11.8 Å². The topological polar surface area (TPSA) is 102 Å². The molecule has 1 aromatic rings. The zero-order valence-electron chi connectivity index (χ0n) is 19.7. The van der Waals surface area contributed by atoms with Crippen molar-refractivity contribution in [1.29, 1.82) is 0 Å². The summed E-state index contributed by atoms with van der Waals surface area (Å²) in [5.41, 5.74) is 0. The fourth-order valence-electron chi connectivity index (χ4n) is 3.95. The number of ether oxygens (including phenoxy) is 3. The number of aliphatic carboxylic acids is 1. The fraction of sp³-hybridized carbons (Fsp3) is 0.625. The summed E-state index contributed by atoms with van der Waals surface area (Å²) in [6.07, 6.45) is 4.64. The maximum atomic E-state index is 13.2. The van der Waals surface area contributed by atoms with Gasteiger partial charge in [0.1, 0.15) is 18.4 Å². The summed E-state index contributed by atoms with van der Waals surface area (Å²) < 4.78 is 43.4. The predicted octanol–water partition coefficient (Wildman–Crippen LogP) is 3.36. The minimum atomic E-state index is -3.96. The Morgan fingerprint density at radius 3 is 2.71 bits per heavy atom. The lowest BCUT2D eigenvalue weighted by Gasteiger charge is -2.42. The Morgan fingerprint density at radius 1 is 1.26 bits per heavy atom. The Labute approximate surface area is 206 Å². The van der Waals surface area contributed by atoms with E-state index >= 15 is 0 Å². The van der Waals surface area contributed by atoms with Gasteiger partial charge in [0.25, 0.3) is 0 Å². The zero-order valence-corrected chi connectivity index (χ0v) is 21.3. The third-order valence-electron chi connectivity index (χ3n) is 5.72. The lowest BCUT2D eigenvalue weighted by atomic mass is 10.0. The number of rotatable bonds is 9. The molecule has 0 saturated carbocycles. The van der Waals surface area contributed by atoms with Gasteiger partial charge in [0.05, 0.1) is 11.5 Å². The van der Waals surface area contributed by atoms with Crippen molar-refractivity contribution in [2.24, 2.45) is 0 Å². The van der Waals surface area contributed by atoms with Gasteiger partial charge >= 0.3 is 5.97 Å². The average molecular weight is 512 g/mol. The van der Waals surface area contributed by atoms with E-state index in [1.54, 1.807) is 26.0 Å². The molecular weight excluding hydrogens is 478 g/mol. The molecule has 0 spiro atoms. The largest absolute Gasteiger partial charge is 0.481 e. The van der Waals surface area contributed by atoms with Gasteiger partial charge in [-0.05, 0) is 63.8 Å². The molecule has 2 heterocycles. The van der Waals surface area contributed by atoms with Gasteiger partial charge in [-0.2, -0.15) is 16.1 Å². The third kappa shape index (κ3) is 7.12. The number of nitrogens with zero attached hydrogens (tertiary/aromatic N) is 1. The molecule has 2 aliphatic rings. The average Bonchev–Trinajstić information content (AvgIpc) is 2.80. The quantitative estimate of drug-likeness (QED) is 0.398. The van der Waals surface area contributed by atoms with Gasteiger partial charge in [0.15, 0.2) is 6.29 Å². The van der Waals surface area contributed by atoms with Crippen molar-refractivity contribution in [3.63, 3.8) is 0 Å². The molecule has 2 unspecified atom stereocenters. The highest BCUT2D eigenvalue weighted by Gasteiger charge is 2.48. The van der Waals surface area contributed by atoms with Crippen LogP contribution in [-0.2, 0) is 24.3 Å². The second-order valence-corrected chi connectivity index (χ2v) is 12.3. The molecule has 2 saturated heterocycles. The summed E-state index contributed by atoms with van der Waals surface area (Å²) in [7, 11) is -3.96. The molecule has 2 atom stereocenters. The normalized spacial score (nSPS) is 23.0. The van der Waals surface area contributed by atoms with Crippen LogP contribution in [0.2, 0.25) is 0 Å². The number of sulfonamides is 1. The Hall–Kier alpha value is -1.77. The van der Waals surface area contributed by atoms with Crippen molar-refractivity contribution < 1.29 is 32.5 Å². The molecule has 0 aromatic heterocycles. The molecule has 2 fully saturated rings. The van der Waals surface area contributed by atoms with E-state index in [0.717, 1.165) is 36.6 Å². The smallest absolute Gasteiger partial charge is 0.323 e. The van der Waals surface area contributed by atoms with Gasteiger partial charge in [-0.25, -0.2) is 8.42 Å². The van der Waals surface area contributed by atoms with E-state index < -0.39 is 26.8 Å². The lowest BCUT2D eigenvalue weighted by molar-refractivity contribution is -0.162. The molecule has 0 amide bonds. The van der Waals surface area contributed by atoms with E-state index in [1.807, 2.05) is 0 Å². The second kappa shape index (κ2) is 12.3. The molecule has 10 heteroatoms. The molecule has 8 nitrogen and oxygen atoms in total. The number of thioether (sulfide) groups is 1. The van der Waals surface area contributed by atoms with E-state index in [9.17, 15) is 18.3 Å². The van der Waals surface area contributed by atoms with Gasteiger partial charge in [-0.1, -0.05) is 11.8 Å². The van der Waals surface area contributed by atoms with Crippen LogP contribution in [-0.4, -0.2) is 73.0 Å². The van der Waals surface area contributed by atoms with Crippen LogP contribution < -0.4 is 4.74 Å². The standard InChI is InChI=1S/C24H33NO7S2/c1-24(2)22(23(26)27)25(14-18-33-24)34(28,29)20-12-10-19(11-13-20)30-15-6-3-4-7-16-31-21-9-5-8-17-32-21/h10-13,21-22H,4-5,7-9,14-18H2,1-2H3,(H,26,27). The van der Waals surface area contributed by atoms with Crippen LogP contribution in [0.1, 0.15) is 46.0 Å². The predicted molar refractivity (Wildman–Crippen MR) is 130 cm³/mol. The first-order valence-corrected chi connectivity index (χ1v) is 13.9. The summed E-state index contributed by atoms with van der Waals surface area (Å²) in [6.45, 7) is 5.25. The summed E-state index contributed by atoms with van der Waals surface area (Å²) in [5.74, 6) is 5.87. The van der Waals surface area contributed by atoms with Gasteiger partial charge in [0, 0.05) is 30.1 Å². The summed E-state index contributed by atoms with van der Waals surface area (Å²) in [6, 6.07) is 4.87. The zero-order chi connectivity index (χ0) is 24.6. The van der Waals surface area contributed by atoms with Crippen LogP contribution in [0.15, 0.2) is 29.2 Å². The Kier molecular flexibility index (Phi) is 9.68. The minimum Gasteiger partial charge on any atom is -0.481 e. The van der Waals surface area contributed by atoms with Crippen molar-refractivity contribution in [3.8, 4) is 17.6 Å². The molecule has 188 valence electrons. The maximum Gasteiger partial charge on any atom is 0.323 e. The number of carbonyl (C=O) groups is 1. The van der Waals surface area contributed by atoms with Crippen molar-refractivity contribution in [3.05, 3.63) is 24.3 Å². The van der Waals surface area contributed by atoms with E-state index in [0.29, 0.717) is 24.5 Å². The highest BCUT2D eigenvalue weighted by Crippen LogP contribution is 2.38. The summed E-state index contributed by atoms with van der Waals surface area (Å²) in [4.78, 5) is 11.9. The van der Waals surface area contributed by atoms with Crippen molar-refractivity contribution in [1.82, 2.24) is 4.31 Å². The molecule has 1 N–H and O–H groups in total. The van der Waals surface area contributed by atoms with Gasteiger partial charge in [-0.3, -0.25) is 4.79 Å². The number of carboxylic acids is 1. The number of carboxylic acid groups (broad SMARTS) is 1. The van der Waals surface area contributed by atoms with E-state index in [-0.39, 0.29) is 24.3 Å². The van der Waals surface area contributed by atoms with Gasteiger partial charge < -0.3 is 19.3 Å². The van der Waals surface area contributed by atoms with Gasteiger partial charge in [0.2, 0.25) is 10.0 Å². The second-order valence-electron chi connectivity index (χ2n) is 8.69. The van der Waals surface area contributed by atoms with Crippen LogP contribution in [0.25, 0.3) is 0 Å². The fourth-order valence-corrected chi connectivity index (χ4v) is 7.05. The molecule has 0 aliphatic carbocycles. The lowest BCUT2D eigenvalue weighted by Crippen LogP contribution is -2.58. The molecule has 1 aromatic carbocycles. The van der Waals surface area contributed by atoms with Gasteiger partial charge in [-0.15, -0.1) is 0 Å². The summed E-state index contributed by atoms with van der Waals surface area (Å²) in [5, 5.41) is 9.68. The molecule has 0 radical (unpaired) electrons. The highest BCUT2D eigenvalue weighted by molar-refractivity contribution is 8.00. The first-order chi connectivity index (χ1) is 16.2. The Balaban J connectivity index is 1.47. The molecule has 0 bridgehead atoms. The number of benzene rings is 1. The third-order valence-corrected chi connectivity index (χ3v) is 8.95. The number of unbranched alkanes of at least 4 members (excludes halogenated alkanes) is 1. The maximum absolute atomic E-state index is 13.2. The number of hydrogen-bond acceptors (Lipinski definition) is 7. The Bertz CT molecular complexity index is 977. The first kappa shape index (κ1) is 26.8. The molecule has 34 heavy (non-hydrogen) atoms. The minimum absolute atomic E-state index is 0.0434. The van der Waals surface area contributed by atoms with E-state index in [1.165, 1.54) is 23.9 Å². The van der Waals surface area contributed by atoms with Crippen LogP contribution in [0.5, 0.6) is 5.75 Å². The van der Waals surface area contributed by atoms with Crippen LogP contribution >= 0.6 is 11.8 Å². The van der Waals surface area contributed by atoms with Crippen molar-refractivity contribution in [2.75, 3.05) is 32.1 Å². The van der Waals surface area contributed by atoms with Crippen LogP contribution in [0.3, 0.4) is 0 Å². The van der Waals surface area contributed by atoms with E-state index in [2.05, 4.69) is 11.8 Å². The van der Waals surface area contributed by atoms with Crippen molar-refractivity contribution in [2.45, 2.75) is 67.9 Å². The molecular formula is C24H33NO7S2. The molecule has 2 aliphatic heterocycles. The van der Waals surface area contributed by atoms with Crippen molar-refractivity contribution >= 4 is 27.8 Å². The Morgan fingerprint density at radius 2 is 2.03 bits per heavy atom. The van der Waals surface area contributed by atoms with Crippen LogP contribution in [0.4, 0.5) is 0 Å². The first-order valence-electron chi connectivity index (χ1n) is 11.5. The monoisotopic (exact) mass is 511 g/mol. The van der Waals surface area contributed by atoms with E-state index in [4.69, 9.17) is 14.2 Å². The molecule has 3 rings (SSSR count). The SMILES string of the molecule is CC1(C)SCCN(S(=O)(=O)c2ccc(OCC#CCCCOC3CCCCO3)cc2)C1C(=O)O. The summed E-state index contributed by atoms with van der Waals surface area (Å²) >= 11 is 1.47. The number of hydrogen-bond donors (Lipinski definition) is 1. The highest BCUT2D eigenvalue weighted by atomic mass is 32.2.